The van der Waals surface area contributed by atoms with Crippen LogP contribution in [0.2, 0.25) is 0 Å². The molecular formula is C31H48O2S2. The molecular weight excluding hydrogens is 468 g/mol. The van der Waals surface area contributed by atoms with Gasteiger partial charge < -0.3 is 10.2 Å². The van der Waals surface area contributed by atoms with Crippen LogP contribution in [-0.2, 0) is 21.7 Å². The van der Waals surface area contributed by atoms with Crippen LogP contribution in [0.5, 0.6) is 11.5 Å². The Morgan fingerprint density at radius 1 is 0.600 bits per heavy atom. The molecule has 0 atom stereocenters. The van der Waals surface area contributed by atoms with E-state index in [-0.39, 0.29) is 21.7 Å². The molecule has 4 heteroatoms. The van der Waals surface area contributed by atoms with Crippen LogP contribution < -0.4 is 0 Å². The van der Waals surface area contributed by atoms with Crippen LogP contribution in [-0.4, -0.2) is 10.2 Å². The molecule has 2 aromatic rings. The zero-order valence-corrected chi connectivity index (χ0v) is 26.2. The fourth-order valence-electron chi connectivity index (χ4n) is 4.52. The number of benzene rings is 2. The molecule has 2 N–H and O–H groups in total. The SMILES string of the molecule is CC(C)c1cc(C(C)(C)C)c(O)c(C(C)(C)C)c1SSc1ccc(C(C)(C)C)c(O)c1C(C)(C)C. The molecule has 2 nitrogen and oxygen atoms in total. The zero-order valence-electron chi connectivity index (χ0n) is 24.5. The molecule has 0 saturated heterocycles. The van der Waals surface area contributed by atoms with E-state index in [1.54, 1.807) is 21.6 Å². The summed E-state index contributed by atoms with van der Waals surface area (Å²) < 4.78 is 0. The highest BCUT2D eigenvalue weighted by molar-refractivity contribution is 8.76. The lowest BCUT2D eigenvalue weighted by Gasteiger charge is -2.32. The maximum absolute atomic E-state index is 11.5. The number of phenolic OH excluding ortho intramolecular Hbond substituents is 2. The second-order valence-corrected chi connectivity index (χ2v) is 16.4. The molecule has 0 unspecified atom stereocenters. The van der Waals surface area contributed by atoms with Crippen LogP contribution in [0.15, 0.2) is 28.0 Å². The van der Waals surface area contributed by atoms with Crippen LogP contribution in [0.25, 0.3) is 0 Å². The average Bonchev–Trinajstić information content (AvgIpc) is 2.61. The summed E-state index contributed by atoms with van der Waals surface area (Å²) in [5, 5.41) is 22.9. The molecule has 0 radical (unpaired) electrons. The largest absolute Gasteiger partial charge is 0.507 e. The Kier molecular flexibility index (Phi) is 8.47. The minimum atomic E-state index is -0.219. The van der Waals surface area contributed by atoms with Crippen molar-refractivity contribution in [2.24, 2.45) is 0 Å². The van der Waals surface area contributed by atoms with Gasteiger partial charge in [-0.3, -0.25) is 0 Å². The fraction of sp³-hybridized carbons (Fsp3) is 0.613. The highest BCUT2D eigenvalue weighted by Crippen LogP contribution is 2.54. The van der Waals surface area contributed by atoms with Gasteiger partial charge in [0, 0.05) is 20.9 Å². The lowest BCUT2D eigenvalue weighted by atomic mass is 9.77. The van der Waals surface area contributed by atoms with Gasteiger partial charge in [0.25, 0.3) is 0 Å². The lowest BCUT2D eigenvalue weighted by Crippen LogP contribution is -2.20. The molecule has 0 aromatic heterocycles. The van der Waals surface area contributed by atoms with Crippen molar-refractivity contribution in [3.05, 3.63) is 46.0 Å². The number of aromatic hydroxyl groups is 2. The van der Waals surface area contributed by atoms with Crippen LogP contribution in [0, 0.1) is 0 Å². The predicted molar refractivity (Wildman–Crippen MR) is 157 cm³/mol. The Morgan fingerprint density at radius 2 is 1.06 bits per heavy atom. The molecule has 2 rings (SSSR count). The van der Waals surface area contributed by atoms with Crippen LogP contribution in [0.4, 0.5) is 0 Å². The maximum Gasteiger partial charge on any atom is 0.124 e. The monoisotopic (exact) mass is 516 g/mol. The lowest BCUT2D eigenvalue weighted by molar-refractivity contribution is 0.416. The van der Waals surface area contributed by atoms with Gasteiger partial charge in [0.15, 0.2) is 0 Å². The third kappa shape index (κ3) is 6.55. The van der Waals surface area contributed by atoms with E-state index in [1.807, 2.05) is 0 Å². The highest BCUT2D eigenvalue weighted by Gasteiger charge is 2.33. The minimum absolute atomic E-state index is 0.140. The number of hydrogen-bond donors (Lipinski definition) is 2. The van der Waals surface area contributed by atoms with Crippen molar-refractivity contribution in [3.8, 4) is 11.5 Å². The molecule has 0 fully saturated rings. The fourth-order valence-corrected chi connectivity index (χ4v) is 7.66. The normalized spacial score (nSPS) is 13.6. The quantitative estimate of drug-likeness (QED) is 0.397. The molecule has 196 valence electrons. The van der Waals surface area contributed by atoms with E-state index in [0.717, 1.165) is 32.0 Å². The van der Waals surface area contributed by atoms with Gasteiger partial charge in [-0.15, -0.1) is 0 Å². The summed E-state index contributed by atoms with van der Waals surface area (Å²) in [6.45, 7) is 30.4. The molecule has 0 aliphatic carbocycles. The molecule has 0 saturated carbocycles. The zero-order chi connectivity index (χ0) is 27.3. The number of rotatable bonds is 4. The van der Waals surface area contributed by atoms with Crippen molar-refractivity contribution < 1.29 is 10.2 Å². The van der Waals surface area contributed by atoms with E-state index in [2.05, 4.69) is 115 Å². The summed E-state index contributed by atoms with van der Waals surface area (Å²) in [5.74, 6) is 1.14. The van der Waals surface area contributed by atoms with E-state index in [1.165, 1.54) is 5.56 Å². The first kappa shape index (κ1) is 30.0. The van der Waals surface area contributed by atoms with Crippen LogP contribution in [0.1, 0.15) is 131 Å². The van der Waals surface area contributed by atoms with Crippen molar-refractivity contribution in [1.82, 2.24) is 0 Å². The van der Waals surface area contributed by atoms with Gasteiger partial charge in [-0.25, -0.2) is 0 Å². The predicted octanol–water partition coefficient (Wildman–Crippen LogP) is 10.2. The Morgan fingerprint density at radius 3 is 1.46 bits per heavy atom. The Bertz CT molecular complexity index is 1070. The summed E-state index contributed by atoms with van der Waals surface area (Å²) >= 11 is 0. The van der Waals surface area contributed by atoms with Gasteiger partial charge in [0.1, 0.15) is 11.5 Å². The number of phenols is 2. The smallest absolute Gasteiger partial charge is 0.124 e. The summed E-state index contributed by atoms with van der Waals surface area (Å²) in [5.41, 5.74) is 4.52. The van der Waals surface area contributed by atoms with Gasteiger partial charge in [0.05, 0.1) is 0 Å². The second-order valence-electron chi connectivity index (χ2n) is 14.2. The van der Waals surface area contributed by atoms with Gasteiger partial charge in [-0.05, 0) is 50.3 Å². The molecule has 0 spiro atoms. The average molecular weight is 517 g/mol. The van der Waals surface area contributed by atoms with Crippen molar-refractivity contribution in [1.29, 1.82) is 0 Å². The number of hydrogen-bond acceptors (Lipinski definition) is 4. The van der Waals surface area contributed by atoms with E-state index >= 15 is 0 Å². The summed E-state index contributed by atoms with van der Waals surface area (Å²) in [7, 11) is 3.40. The van der Waals surface area contributed by atoms with E-state index in [4.69, 9.17) is 0 Å². The Labute approximate surface area is 223 Å². The first-order chi connectivity index (χ1) is 15.6. The topological polar surface area (TPSA) is 40.5 Å². The third-order valence-electron chi connectivity index (χ3n) is 6.37. The van der Waals surface area contributed by atoms with Gasteiger partial charge >= 0.3 is 0 Å². The maximum atomic E-state index is 11.5. The van der Waals surface area contributed by atoms with Crippen molar-refractivity contribution in [3.63, 3.8) is 0 Å². The first-order valence-electron chi connectivity index (χ1n) is 12.7. The first-order valence-corrected chi connectivity index (χ1v) is 14.9. The highest BCUT2D eigenvalue weighted by atomic mass is 33.1. The van der Waals surface area contributed by atoms with Gasteiger partial charge in [-0.1, -0.05) is 131 Å². The Hall–Kier alpha value is -1.26. The molecule has 0 heterocycles. The van der Waals surface area contributed by atoms with Crippen molar-refractivity contribution in [2.45, 2.75) is 134 Å². The van der Waals surface area contributed by atoms with Crippen LogP contribution in [0.3, 0.4) is 0 Å². The third-order valence-corrected chi connectivity index (χ3v) is 8.87. The van der Waals surface area contributed by atoms with E-state index in [9.17, 15) is 10.2 Å². The van der Waals surface area contributed by atoms with Gasteiger partial charge in [0.2, 0.25) is 0 Å². The minimum Gasteiger partial charge on any atom is -0.507 e. The molecule has 0 amide bonds. The molecule has 35 heavy (non-hydrogen) atoms. The molecule has 0 bridgehead atoms. The molecule has 0 aliphatic rings. The van der Waals surface area contributed by atoms with Crippen molar-refractivity contribution in [2.75, 3.05) is 0 Å². The van der Waals surface area contributed by atoms with Gasteiger partial charge in [-0.2, -0.15) is 0 Å². The van der Waals surface area contributed by atoms with E-state index < -0.39 is 0 Å². The standard InChI is InChI=1S/C31H48O2S2/c1-18(2)19-17-21(29(6,7)8)26(33)24(31(12,13)14)27(19)35-34-22-16-15-20(28(3,4)5)25(32)23(22)30(9,10)11/h15-18,32-33H,1-14H3. The molecule has 2 aromatic carbocycles. The van der Waals surface area contributed by atoms with E-state index in [0.29, 0.717) is 17.4 Å². The van der Waals surface area contributed by atoms with Crippen molar-refractivity contribution >= 4 is 21.6 Å². The summed E-state index contributed by atoms with van der Waals surface area (Å²) in [6, 6.07) is 6.44. The summed E-state index contributed by atoms with van der Waals surface area (Å²) in [6.07, 6.45) is 0. The van der Waals surface area contributed by atoms with Crippen LogP contribution >= 0.6 is 21.6 Å². The second kappa shape index (κ2) is 9.89. The summed E-state index contributed by atoms with van der Waals surface area (Å²) in [4.78, 5) is 2.21. The Balaban J connectivity index is 2.76. The molecule has 0 aliphatic heterocycles.